The number of ether oxygens (including phenoxy) is 1. The molecule has 0 saturated heterocycles. The van der Waals surface area contributed by atoms with Crippen molar-refractivity contribution in [1.82, 2.24) is 20.5 Å². The minimum absolute atomic E-state index is 0.131. The predicted octanol–water partition coefficient (Wildman–Crippen LogP) is 0.0514. The molecular formula is C11H19N5O2. The van der Waals surface area contributed by atoms with E-state index < -0.39 is 6.04 Å². The first-order valence-corrected chi connectivity index (χ1v) is 5.75. The molecule has 0 aliphatic rings. The number of nitrogens with zero attached hydrogens (tertiary/aromatic N) is 3. The van der Waals surface area contributed by atoms with Crippen molar-refractivity contribution in [1.29, 1.82) is 0 Å². The zero-order valence-electron chi connectivity index (χ0n) is 11.1. The Morgan fingerprint density at radius 3 is 2.67 bits per heavy atom. The molecule has 0 saturated carbocycles. The first-order valence-electron chi connectivity index (χ1n) is 5.75. The highest BCUT2D eigenvalue weighted by Crippen LogP contribution is 2.03. The third kappa shape index (κ3) is 4.25. The van der Waals surface area contributed by atoms with Crippen LogP contribution in [0.15, 0.2) is 0 Å². The number of rotatable bonds is 6. The molecule has 1 unspecified atom stereocenters. The molecule has 0 spiro atoms. The summed E-state index contributed by atoms with van der Waals surface area (Å²) in [5.74, 6) is 0.223. The second-order valence-corrected chi connectivity index (χ2v) is 3.96. The number of amides is 1. The summed E-state index contributed by atoms with van der Waals surface area (Å²) in [6.07, 6.45) is 0. The van der Waals surface area contributed by atoms with Gasteiger partial charge in [-0.05, 0) is 20.8 Å². The summed E-state index contributed by atoms with van der Waals surface area (Å²) in [6, 6.07) is -0.425. The van der Waals surface area contributed by atoms with Crippen molar-refractivity contribution in [2.75, 3.05) is 25.6 Å². The Morgan fingerprint density at radius 2 is 2.06 bits per heavy atom. The number of aromatic nitrogens is 3. The Kier molecular flexibility index (Phi) is 5.44. The number of aryl methyl sites for hydroxylation is 2. The van der Waals surface area contributed by atoms with E-state index in [2.05, 4.69) is 25.8 Å². The van der Waals surface area contributed by atoms with Gasteiger partial charge < -0.3 is 15.4 Å². The monoisotopic (exact) mass is 253 g/mol. The van der Waals surface area contributed by atoms with Crippen LogP contribution in [0.25, 0.3) is 0 Å². The average Bonchev–Trinajstić information content (AvgIpc) is 2.34. The maximum Gasteiger partial charge on any atom is 0.243 e. The van der Waals surface area contributed by atoms with Crippen LogP contribution in [0.4, 0.5) is 5.95 Å². The van der Waals surface area contributed by atoms with Gasteiger partial charge in [0, 0.05) is 13.7 Å². The van der Waals surface area contributed by atoms with Crippen LogP contribution in [0.5, 0.6) is 0 Å². The molecule has 1 aromatic heterocycles. The lowest BCUT2D eigenvalue weighted by atomic mass is 10.3. The minimum atomic E-state index is -0.425. The van der Waals surface area contributed by atoms with Crippen LogP contribution in [0, 0.1) is 13.8 Å². The molecule has 0 aliphatic carbocycles. The van der Waals surface area contributed by atoms with Gasteiger partial charge in [-0.3, -0.25) is 4.79 Å². The normalized spacial score (nSPS) is 12.0. The second-order valence-electron chi connectivity index (χ2n) is 3.96. The van der Waals surface area contributed by atoms with Gasteiger partial charge in [0.25, 0.3) is 0 Å². The zero-order chi connectivity index (χ0) is 13.5. The van der Waals surface area contributed by atoms with Gasteiger partial charge in [-0.25, -0.2) is 4.98 Å². The quantitative estimate of drug-likeness (QED) is 0.696. The van der Waals surface area contributed by atoms with Crippen LogP contribution >= 0.6 is 0 Å². The third-order valence-electron chi connectivity index (χ3n) is 2.44. The van der Waals surface area contributed by atoms with Gasteiger partial charge in [0.05, 0.1) is 18.0 Å². The van der Waals surface area contributed by atoms with E-state index in [1.165, 1.54) is 0 Å². The molecule has 0 fully saturated rings. The van der Waals surface area contributed by atoms with E-state index in [1.54, 1.807) is 14.0 Å². The molecule has 0 aliphatic heterocycles. The molecule has 7 nitrogen and oxygen atoms in total. The number of nitrogens with one attached hydrogen (secondary N) is 2. The predicted molar refractivity (Wildman–Crippen MR) is 67.3 cm³/mol. The lowest BCUT2D eigenvalue weighted by Gasteiger charge is -2.13. The molecule has 1 heterocycles. The smallest absolute Gasteiger partial charge is 0.243 e. The van der Waals surface area contributed by atoms with Crippen molar-refractivity contribution in [2.24, 2.45) is 0 Å². The molecule has 1 atom stereocenters. The fraction of sp³-hybridized carbons (Fsp3) is 0.636. The van der Waals surface area contributed by atoms with Crippen LogP contribution in [0.1, 0.15) is 18.3 Å². The zero-order valence-corrected chi connectivity index (χ0v) is 11.1. The Labute approximate surface area is 106 Å². The largest absolute Gasteiger partial charge is 0.383 e. The summed E-state index contributed by atoms with van der Waals surface area (Å²) >= 11 is 0. The van der Waals surface area contributed by atoms with E-state index in [0.717, 1.165) is 11.4 Å². The van der Waals surface area contributed by atoms with Gasteiger partial charge >= 0.3 is 0 Å². The summed E-state index contributed by atoms with van der Waals surface area (Å²) in [6.45, 7) is 6.38. The van der Waals surface area contributed by atoms with Crippen molar-refractivity contribution in [3.05, 3.63) is 11.4 Å². The van der Waals surface area contributed by atoms with Crippen molar-refractivity contribution in [3.8, 4) is 0 Å². The lowest BCUT2D eigenvalue weighted by Crippen LogP contribution is -2.39. The number of methoxy groups -OCH3 is 1. The summed E-state index contributed by atoms with van der Waals surface area (Å²) < 4.78 is 4.85. The van der Waals surface area contributed by atoms with Crippen LogP contribution in [-0.4, -0.2) is 47.4 Å². The van der Waals surface area contributed by atoms with E-state index >= 15 is 0 Å². The standard InChI is InChI=1S/C11H19N5O2/c1-7-8(2)15-16-11(13-7)14-9(3)10(17)12-5-6-18-4/h9H,5-6H2,1-4H3,(H,12,17)(H,13,14,16). The number of hydrogen-bond donors (Lipinski definition) is 2. The van der Waals surface area contributed by atoms with E-state index in [-0.39, 0.29) is 5.91 Å². The molecule has 0 radical (unpaired) electrons. The van der Waals surface area contributed by atoms with Crippen LogP contribution in [-0.2, 0) is 9.53 Å². The summed E-state index contributed by atoms with van der Waals surface area (Å²) in [5, 5.41) is 13.4. The number of carbonyl (C=O) groups is 1. The molecule has 1 aromatic rings. The highest BCUT2D eigenvalue weighted by atomic mass is 16.5. The summed E-state index contributed by atoms with van der Waals surface area (Å²) in [4.78, 5) is 15.9. The van der Waals surface area contributed by atoms with Crippen molar-refractivity contribution in [2.45, 2.75) is 26.8 Å². The topological polar surface area (TPSA) is 89.0 Å². The SMILES string of the molecule is COCCNC(=O)C(C)Nc1nnc(C)c(C)n1. The van der Waals surface area contributed by atoms with Gasteiger partial charge in [0.1, 0.15) is 6.04 Å². The summed E-state index contributed by atoms with van der Waals surface area (Å²) in [7, 11) is 1.59. The van der Waals surface area contributed by atoms with Crippen molar-refractivity contribution in [3.63, 3.8) is 0 Å². The molecule has 18 heavy (non-hydrogen) atoms. The molecular weight excluding hydrogens is 234 g/mol. The number of hydrogen-bond acceptors (Lipinski definition) is 6. The van der Waals surface area contributed by atoms with Gasteiger partial charge in [0.15, 0.2) is 0 Å². The van der Waals surface area contributed by atoms with Gasteiger partial charge in [-0.2, -0.15) is 5.10 Å². The molecule has 2 N–H and O–H groups in total. The van der Waals surface area contributed by atoms with Gasteiger partial charge in [0.2, 0.25) is 11.9 Å². The molecule has 1 amide bonds. The number of carbonyl (C=O) groups excluding carboxylic acids is 1. The Balaban J connectivity index is 2.50. The van der Waals surface area contributed by atoms with Crippen molar-refractivity contribution < 1.29 is 9.53 Å². The minimum Gasteiger partial charge on any atom is -0.383 e. The maximum atomic E-state index is 11.7. The van der Waals surface area contributed by atoms with Crippen LogP contribution in [0.3, 0.4) is 0 Å². The highest BCUT2D eigenvalue weighted by molar-refractivity contribution is 5.83. The first kappa shape index (κ1) is 14.3. The fourth-order valence-corrected chi connectivity index (χ4v) is 1.21. The fourth-order valence-electron chi connectivity index (χ4n) is 1.21. The Morgan fingerprint density at radius 1 is 1.33 bits per heavy atom. The van der Waals surface area contributed by atoms with Gasteiger partial charge in [-0.1, -0.05) is 0 Å². The number of anilines is 1. The van der Waals surface area contributed by atoms with Crippen LogP contribution in [0.2, 0.25) is 0 Å². The van der Waals surface area contributed by atoms with E-state index in [4.69, 9.17) is 4.74 Å². The van der Waals surface area contributed by atoms with E-state index in [9.17, 15) is 4.79 Å². The molecule has 0 aromatic carbocycles. The highest BCUT2D eigenvalue weighted by Gasteiger charge is 2.13. The first-order chi connectivity index (χ1) is 8.54. The third-order valence-corrected chi connectivity index (χ3v) is 2.44. The molecule has 100 valence electrons. The average molecular weight is 253 g/mol. The molecule has 1 rings (SSSR count). The lowest BCUT2D eigenvalue weighted by molar-refractivity contribution is -0.121. The maximum absolute atomic E-state index is 11.7. The molecule has 7 heteroatoms. The van der Waals surface area contributed by atoms with Crippen molar-refractivity contribution >= 4 is 11.9 Å². The van der Waals surface area contributed by atoms with E-state index in [1.807, 2.05) is 13.8 Å². The Hall–Kier alpha value is -1.76. The summed E-state index contributed by atoms with van der Waals surface area (Å²) in [5.41, 5.74) is 1.57. The molecule has 0 bridgehead atoms. The second kappa shape index (κ2) is 6.85. The van der Waals surface area contributed by atoms with Crippen LogP contribution < -0.4 is 10.6 Å². The van der Waals surface area contributed by atoms with E-state index in [0.29, 0.717) is 19.1 Å². The van der Waals surface area contributed by atoms with Gasteiger partial charge in [-0.15, -0.1) is 5.10 Å². The Bertz CT molecular complexity index is 410.